The molecule has 0 spiro atoms. The number of benzene rings is 5. The zero-order valence-electron chi connectivity index (χ0n) is 18.8. The van der Waals surface area contributed by atoms with Gasteiger partial charge in [0.15, 0.2) is 0 Å². The van der Waals surface area contributed by atoms with Crippen molar-refractivity contribution in [2.75, 3.05) is 4.90 Å². The summed E-state index contributed by atoms with van der Waals surface area (Å²) < 4.78 is 1.07. The molecule has 0 amide bonds. The van der Waals surface area contributed by atoms with E-state index in [1.807, 2.05) is 0 Å². The van der Waals surface area contributed by atoms with Gasteiger partial charge in [0.1, 0.15) is 0 Å². The van der Waals surface area contributed by atoms with E-state index >= 15 is 0 Å². The van der Waals surface area contributed by atoms with Gasteiger partial charge in [0.25, 0.3) is 0 Å². The van der Waals surface area contributed by atoms with Crippen LogP contribution in [-0.2, 0) is 0 Å². The fourth-order valence-corrected chi connectivity index (χ4v) is 4.83. The molecule has 5 aromatic carbocycles. The number of nitrogens with zero attached hydrogens (tertiary/aromatic N) is 1. The van der Waals surface area contributed by atoms with Crippen LogP contribution in [0.2, 0.25) is 0 Å². The van der Waals surface area contributed by atoms with Gasteiger partial charge < -0.3 is 9.88 Å². The normalized spacial score (nSPS) is 11.2. The SMILES string of the molecule is Cc1ccc(N(c2ccc(Br)cc2)c2ccc(-c3ccc4[nH]c5ccccc5c4c3)cc2)cc1. The zero-order valence-corrected chi connectivity index (χ0v) is 20.4. The number of aryl methyl sites for hydroxylation is 1. The van der Waals surface area contributed by atoms with Crippen molar-refractivity contribution < 1.29 is 0 Å². The molecule has 0 fully saturated rings. The smallest absolute Gasteiger partial charge is 0.0465 e. The van der Waals surface area contributed by atoms with Crippen molar-refractivity contribution in [3.8, 4) is 11.1 Å². The van der Waals surface area contributed by atoms with E-state index in [9.17, 15) is 0 Å². The Labute approximate surface area is 207 Å². The lowest BCUT2D eigenvalue weighted by molar-refractivity contribution is 1.27. The monoisotopic (exact) mass is 502 g/mol. The first-order valence-electron chi connectivity index (χ1n) is 11.4. The van der Waals surface area contributed by atoms with Gasteiger partial charge in [0.05, 0.1) is 0 Å². The molecule has 0 aliphatic heterocycles. The molecule has 3 heteroatoms. The number of fused-ring (bicyclic) bond motifs is 3. The minimum atomic E-state index is 1.07. The summed E-state index contributed by atoms with van der Waals surface area (Å²) in [7, 11) is 0. The minimum absolute atomic E-state index is 1.07. The first-order valence-corrected chi connectivity index (χ1v) is 12.2. The highest BCUT2D eigenvalue weighted by Crippen LogP contribution is 2.37. The Hall–Kier alpha value is -3.82. The largest absolute Gasteiger partial charge is 0.355 e. The summed E-state index contributed by atoms with van der Waals surface area (Å²) in [5.74, 6) is 0. The molecule has 0 saturated carbocycles. The van der Waals surface area contributed by atoms with Crippen LogP contribution >= 0.6 is 15.9 Å². The molecule has 1 heterocycles. The van der Waals surface area contributed by atoms with Gasteiger partial charge in [-0.2, -0.15) is 0 Å². The number of hydrogen-bond donors (Lipinski definition) is 1. The van der Waals surface area contributed by atoms with Crippen molar-refractivity contribution in [1.82, 2.24) is 4.98 Å². The molecule has 6 rings (SSSR count). The van der Waals surface area contributed by atoms with Crippen LogP contribution in [0.3, 0.4) is 0 Å². The fourth-order valence-electron chi connectivity index (χ4n) is 4.56. The topological polar surface area (TPSA) is 19.0 Å². The molecule has 0 aliphatic carbocycles. The van der Waals surface area contributed by atoms with Gasteiger partial charge in [0.2, 0.25) is 0 Å². The molecule has 0 unspecified atom stereocenters. The van der Waals surface area contributed by atoms with E-state index in [1.54, 1.807) is 0 Å². The second-order valence-electron chi connectivity index (χ2n) is 8.63. The highest BCUT2D eigenvalue weighted by molar-refractivity contribution is 9.10. The Balaban J connectivity index is 1.41. The molecular formula is C31H23BrN2. The fraction of sp³-hybridized carbons (Fsp3) is 0.0323. The first kappa shape index (κ1) is 20.8. The van der Waals surface area contributed by atoms with Gasteiger partial charge >= 0.3 is 0 Å². The number of anilines is 3. The molecule has 2 nitrogen and oxygen atoms in total. The minimum Gasteiger partial charge on any atom is -0.355 e. The van der Waals surface area contributed by atoms with Crippen molar-refractivity contribution in [3.05, 3.63) is 125 Å². The van der Waals surface area contributed by atoms with Crippen LogP contribution in [0, 0.1) is 6.92 Å². The van der Waals surface area contributed by atoms with E-state index < -0.39 is 0 Å². The summed E-state index contributed by atoms with van der Waals surface area (Å²) in [6.07, 6.45) is 0. The number of halogens is 1. The van der Waals surface area contributed by atoms with E-state index in [1.165, 1.54) is 38.5 Å². The van der Waals surface area contributed by atoms with E-state index in [0.717, 1.165) is 21.5 Å². The highest BCUT2D eigenvalue weighted by atomic mass is 79.9. The zero-order chi connectivity index (χ0) is 23.1. The molecule has 1 N–H and O–H groups in total. The molecule has 0 radical (unpaired) electrons. The molecule has 0 atom stereocenters. The Morgan fingerprint density at radius 1 is 0.559 bits per heavy atom. The van der Waals surface area contributed by atoms with Gasteiger partial charge in [-0.15, -0.1) is 0 Å². The maximum Gasteiger partial charge on any atom is 0.0465 e. The van der Waals surface area contributed by atoms with E-state index in [0.29, 0.717) is 0 Å². The third-order valence-electron chi connectivity index (χ3n) is 6.34. The Morgan fingerprint density at radius 3 is 1.82 bits per heavy atom. The molecule has 0 aliphatic rings. The number of H-pyrrole nitrogens is 1. The van der Waals surface area contributed by atoms with Gasteiger partial charge in [-0.05, 0) is 84.8 Å². The van der Waals surface area contributed by atoms with E-state index in [-0.39, 0.29) is 0 Å². The number of para-hydroxylation sites is 1. The van der Waals surface area contributed by atoms with Crippen LogP contribution in [0.5, 0.6) is 0 Å². The lowest BCUT2D eigenvalue weighted by Crippen LogP contribution is -2.09. The summed E-state index contributed by atoms with van der Waals surface area (Å²) in [5, 5.41) is 2.52. The van der Waals surface area contributed by atoms with Crippen LogP contribution < -0.4 is 4.90 Å². The third-order valence-corrected chi connectivity index (χ3v) is 6.87. The third kappa shape index (κ3) is 3.78. The Bertz CT molecular complexity index is 1550. The molecule has 34 heavy (non-hydrogen) atoms. The van der Waals surface area contributed by atoms with Crippen molar-refractivity contribution in [1.29, 1.82) is 0 Å². The van der Waals surface area contributed by atoms with Crippen molar-refractivity contribution in [2.45, 2.75) is 6.92 Å². The predicted octanol–water partition coefficient (Wildman–Crippen LogP) is 9.53. The number of aromatic amines is 1. The Kier molecular flexibility index (Phi) is 5.20. The van der Waals surface area contributed by atoms with Crippen molar-refractivity contribution >= 4 is 54.8 Å². The van der Waals surface area contributed by atoms with Gasteiger partial charge in [-0.3, -0.25) is 0 Å². The summed E-state index contributed by atoms with van der Waals surface area (Å²) in [6, 6.07) is 41.1. The van der Waals surface area contributed by atoms with Gasteiger partial charge in [-0.25, -0.2) is 0 Å². The summed E-state index contributed by atoms with van der Waals surface area (Å²) in [6.45, 7) is 2.12. The second-order valence-corrected chi connectivity index (χ2v) is 9.54. The maximum atomic E-state index is 3.56. The first-order chi connectivity index (χ1) is 16.7. The summed E-state index contributed by atoms with van der Waals surface area (Å²) in [5.41, 5.74) is 9.41. The Morgan fingerprint density at radius 2 is 1.12 bits per heavy atom. The lowest BCUT2D eigenvalue weighted by atomic mass is 10.0. The van der Waals surface area contributed by atoms with Gasteiger partial charge in [-0.1, -0.05) is 70.0 Å². The summed E-state index contributed by atoms with van der Waals surface area (Å²) >= 11 is 3.56. The molecule has 164 valence electrons. The number of aromatic nitrogens is 1. The molecular weight excluding hydrogens is 480 g/mol. The van der Waals surface area contributed by atoms with Crippen LogP contribution in [0.1, 0.15) is 5.56 Å². The quantitative estimate of drug-likeness (QED) is 0.254. The molecule has 1 aromatic heterocycles. The van der Waals surface area contributed by atoms with Crippen LogP contribution in [0.4, 0.5) is 17.1 Å². The predicted molar refractivity (Wildman–Crippen MR) is 148 cm³/mol. The lowest BCUT2D eigenvalue weighted by Gasteiger charge is -2.26. The van der Waals surface area contributed by atoms with E-state index in [4.69, 9.17) is 0 Å². The highest BCUT2D eigenvalue weighted by Gasteiger charge is 2.13. The molecule has 6 aromatic rings. The standard InChI is InChI=1S/C31H23BrN2/c1-21-6-13-25(14-7-21)34(27-17-11-24(32)12-18-27)26-15-8-22(9-16-26)23-10-19-31-29(20-23)28-4-2-3-5-30(28)33-31/h2-20,33H,1H3. The van der Waals surface area contributed by atoms with Crippen LogP contribution in [0.25, 0.3) is 32.9 Å². The number of rotatable bonds is 4. The maximum absolute atomic E-state index is 3.56. The second kappa shape index (κ2) is 8.51. The van der Waals surface area contributed by atoms with Crippen LogP contribution in [0.15, 0.2) is 120 Å². The van der Waals surface area contributed by atoms with E-state index in [2.05, 4.69) is 148 Å². The van der Waals surface area contributed by atoms with Crippen molar-refractivity contribution in [3.63, 3.8) is 0 Å². The summed E-state index contributed by atoms with van der Waals surface area (Å²) in [4.78, 5) is 5.81. The average molecular weight is 503 g/mol. The number of hydrogen-bond acceptors (Lipinski definition) is 1. The number of nitrogens with one attached hydrogen (secondary N) is 1. The van der Waals surface area contributed by atoms with Gasteiger partial charge in [0, 0.05) is 43.3 Å². The average Bonchev–Trinajstić information content (AvgIpc) is 3.25. The molecule has 0 bridgehead atoms. The van der Waals surface area contributed by atoms with Crippen molar-refractivity contribution in [2.24, 2.45) is 0 Å². The van der Waals surface area contributed by atoms with Crippen LogP contribution in [-0.4, -0.2) is 4.98 Å². The molecule has 0 saturated heterocycles.